The number of rotatable bonds is 5. The molecule has 0 aliphatic rings. The predicted octanol–water partition coefficient (Wildman–Crippen LogP) is 3.46. The van der Waals surface area contributed by atoms with E-state index < -0.39 is 0 Å². The van der Waals surface area contributed by atoms with Crippen LogP contribution in [0.3, 0.4) is 0 Å². The van der Waals surface area contributed by atoms with E-state index in [0.717, 1.165) is 11.3 Å². The van der Waals surface area contributed by atoms with E-state index in [2.05, 4.69) is 20.6 Å². The molecule has 2 aromatic carbocycles. The Balaban J connectivity index is 1.65. The van der Waals surface area contributed by atoms with E-state index in [9.17, 15) is 4.79 Å². The lowest BCUT2D eigenvalue weighted by Crippen LogP contribution is -2.24. The van der Waals surface area contributed by atoms with E-state index in [1.807, 2.05) is 61.5 Å². The molecule has 5 heteroatoms. The molecule has 1 aromatic heterocycles. The molecule has 1 heterocycles. The molecule has 24 heavy (non-hydrogen) atoms. The number of carbonyl (C=O) groups is 1. The highest BCUT2D eigenvalue weighted by atomic mass is 16.1. The minimum atomic E-state index is -0.229. The third kappa shape index (κ3) is 4.16. The Labute approximate surface area is 140 Å². The van der Waals surface area contributed by atoms with Crippen molar-refractivity contribution in [3.05, 3.63) is 83.8 Å². The molecular weight excluding hydrogens is 300 g/mol. The smallest absolute Gasteiger partial charge is 0.270 e. The van der Waals surface area contributed by atoms with Gasteiger partial charge in [0.2, 0.25) is 0 Å². The molecule has 3 aromatic rings. The molecule has 5 nitrogen and oxygen atoms in total. The summed E-state index contributed by atoms with van der Waals surface area (Å²) in [5, 5.41) is 6.03. The normalized spacial score (nSPS) is 10.2. The van der Waals surface area contributed by atoms with Gasteiger partial charge in [0.25, 0.3) is 5.91 Å². The Morgan fingerprint density at radius 2 is 1.75 bits per heavy atom. The summed E-state index contributed by atoms with van der Waals surface area (Å²) in [5.41, 5.74) is 3.47. The highest BCUT2D eigenvalue weighted by Gasteiger charge is 2.08. The number of benzene rings is 2. The van der Waals surface area contributed by atoms with Crippen molar-refractivity contribution in [2.45, 2.75) is 13.5 Å². The van der Waals surface area contributed by atoms with Crippen molar-refractivity contribution in [1.29, 1.82) is 0 Å². The van der Waals surface area contributed by atoms with Crippen molar-refractivity contribution in [3.8, 4) is 0 Å². The van der Waals surface area contributed by atoms with Gasteiger partial charge in [-0.25, -0.2) is 9.97 Å². The van der Waals surface area contributed by atoms with Crippen LogP contribution in [0.5, 0.6) is 0 Å². The van der Waals surface area contributed by atoms with Crippen molar-refractivity contribution in [3.63, 3.8) is 0 Å². The van der Waals surface area contributed by atoms with Crippen LogP contribution in [0, 0.1) is 6.92 Å². The van der Waals surface area contributed by atoms with E-state index in [4.69, 9.17) is 0 Å². The molecule has 0 fully saturated rings. The number of hydrogen-bond acceptors (Lipinski definition) is 4. The van der Waals surface area contributed by atoms with Gasteiger partial charge in [0.1, 0.15) is 17.8 Å². The number of anilines is 2. The van der Waals surface area contributed by atoms with E-state index in [0.29, 0.717) is 18.1 Å². The van der Waals surface area contributed by atoms with Crippen LogP contribution in [0.4, 0.5) is 11.5 Å². The van der Waals surface area contributed by atoms with Gasteiger partial charge in [0.15, 0.2) is 0 Å². The Hall–Kier alpha value is -3.21. The monoisotopic (exact) mass is 318 g/mol. The Kier molecular flexibility index (Phi) is 4.81. The molecule has 0 radical (unpaired) electrons. The first-order chi connectivity index (χ1) is 11.7. The second-order valence-electron chi connectivity index (χ2n) is 5.45. The molecule has 120 valence electrons. The van der Waals surface area contributed by atoms with Crippen LogP contribution < -0.4 is 10.6 Å². The number of nitrogens with one attached hydrogen (secondary N) is 2. The number of hydrogen-bond donors (Lipinski definition) is 2. The van der Waals surface area contributed by atoms with E-state index in [-0.39, 0.29) is 5.91 Å². The molecule has 3 rings (SSSR count). The van der Waals surface area contributed by atoms with Gasteiger partial charge in [-0.2, -0.15) is 0 Å². The first-order valence-electron chi connectivity index (χ1n) is 7.68. The summed E-state index contributed by atoms with van der Waals surface area (Å²) >= 11 is 0. The van der Waals surface area contributed by atoms with Crippen LogP contribution in [0.15, 0.2) is 67.0 Å². The number of aromatic nitrogens is 2. The zero-order valence-corrected chi connectivity index (χ0v) is 13.4. The first-order valence-corrected chi connectivity index (χ1v) is 7.68. The Bertz CT molecular complexity index is 816. The first kappa shape index (κ1) is 15.7. The van der Waals surface area contributed by atoms with Crippen molar-refractivity contribution in [2.24, 2.45) is 0 Å². The van der Waals surface area contributed by atoms with Crippen molar-refractivity contribution in [1.82, 2.24) is 15.3 Å². The van der Waals surface area contributed by atoms with Gasteiger partial charge in [0, 0.05) is 18.3 Å². The number of nitrogens with zero attached hydrogens (tertiary/aromatic N) is 2. The minimum absolute atomic E-state index is 0.229. The van der Waals surface area contributed by atoms with E-state index in [1.165, 1.54) is 11.9 Å². The summed E-state index contributed by atoms with van der Waals surface area (Å²) in [7, 11) is 0. The maximum atomic E-state index is 12.2. The summed E-state index contributed by atoms with van der Waals surface area (Å²) in [6, 6.07) is 19.3. The summed E-state index contributed by atoms with van der Waals surface area (Å²) in [5.74, 6) is 0.354. The van der Waals surface area contributed by atoms with E-state index >= 15 is 0 Å². The molecule has 0 unspecified atom stereocenters. The van der Waals surface area contributed by atoms with Gasteiger partial charge in [0.05, 0.1) is 0 Å². The van der Waals surface area contributed by atoms with Crippen LogP contribution in [0.25, 0.3) is 0 Å². The molecule has 0 bridgehead atoms. The molecule has 1 amide bonds. The van der Waals surface area contributed by atoms with Gasteiger partial charge >= 0.3 is 0 Å². The van der Waals surface area contributed by atoms with Gasteiger partial charge in [-0.3, -0.25) is 4.79 Å². The number of aryl methyl sites for hydroxylation is 1. The molecule has 0 spiro atoms. The molecule has 0 atom stereocenters. The van der Waals surface area contributed by atoms with Crippen LogP contribution in [-0.2, 0) is 6.54 Å². The Morgan fingerprint density at radius 1 is 1.00 bits per heavy atom. The number of carbonyl (C=O) groups excluding carboxylic acids is 1. The van der Waals surface area contributed by atoms with Gasteiger partial charge in [-0.1, -0.05) is 48.0 Å². The van der Waals surface area contributed by atoms with Crippen LogP contribution in [0.2, 0.25) is 0 Å². The maximum Gasteiger partial charge on any atom is 0.270 e. The summed E-state index contributed by atoms with van der Waals surface area (Å²) < 4.78 is 0. The quantitative estimate of drug-likeness (QED) is 0.756. The predicted molar refractivity (Wildman–Crippen MR) is 94.1 cm³/mol. The van der Waals surface area contributed by atoms with Crippen molar-refractivity contribution < 1.29 is 4.79 Å². The second kappa shape index (κ2) is 7.37. The standard InChI is InChI=1S/C19H18N4O/c1-14-7-9-16(10-8-14)23-18-11-17(21-13-22-18)19(24)20-12-15-5-3-2-4-6-15/h2-11,13H,12H2,1H3,(H,20,24)(H,21,22,23). The Morgan fingerprint density at radius 3 is 2.50 bits per heavy atom. The highest BCUT2D eigenvalue weighted by Crippen LogP contribution is 2.15. The topological polar surface area (TPSA) is 66.9 Å². The van der Waals surface area contributed by atoms with Crippen molar-refractivity contribution in [2.75, 3.05) is 5.32 Å². The van der Waals surface area contributed by atoms with E-state index in [1.54, 1.807) is 6.07 Å². The third-order valence-corrected chi connectivity index (χ3v) is 3.52. The second-order valence-corrected chi connectivity index (χ2v) is 5.45. The van der Waals surface area contributed by atoms with Crippen LogP contribution in [-0.4, -0.2) is 15.9 Å². The molecule has 0 aliphatic heterocycles. The SMILES string of the molecule is Cc1ccc(Nc2cc(C(=O)NCc3ccccc3)ncn2)cc1. The largest absolute Gasteiger partial charge is 0.347 e. The lowest BCUT2D eigenvalue weighted by molar-refractivity contribution is 0.0946. The van der Waals surface area contributed by atoms with Crippen molar-refractivity contribution >= 4 is 17.4 Å². The molecular formula is C19H18N4O. The zero-order valence-electron chi connectivity index (χ0n) is 13.4. The molecule has 0 aliphatic carbocycles. The fraction of sp³-hybridized carbons (Fsp3) is 0.105. The highest BCUT2D eigenvalue weighted by molar-refractivity contribution is 5.92. The third-order valence-electron chi connectivity index (χ3n) is 3.52. The van der Waals surface area contributed by atoms with Gasteiger partial charge in [-0.05, 0) is 24.6 Å². The molecule has 0 saturated heterocycles. The fourth-order valence-corrected chi connectivity index (χ4v) is 2.20. The summed E-state index contributed by atoms with van der Waals surface area (Å²) in [6.07, 6.45) is 1.38. The maximum absolute atomic E-state index is 12.2. The fourth-order valence-electron chi connectivity index (χ4n) is 2.20. The van der Waals surface area contributed by atoms with Gasteiger partial charge < -0.3 is 10.6 Å². The minimum Gasteiger partial charge on any atom is -0.347 e. The zero-order chi connectivity index (χ0) is 16.8. The lowest BCUT2D eigenvalue weighted by atomic mass is 10.2. The molecule has 2 N–H and O–H groups in total. The van der Waals surface area contributed by atoms with Gasteiger partial charge in [-0.15, -0.1) is 0 Å². The molecule has 0 saturated carbocycles. The van der Waals surface area contributed by atoms with Crippen LogP contribution in [0.1, 0.15) is 21.6 Å². The summed E-state index contributed by atoms with van der Waals surface area (Å²) in [6.45, 7) is 2.49. The average Bonchev–Trinajstić information content (AvgIpc) is 2.63. The average molecular weight is 318 g/mol. The van der Waals surface area contributed by atoms with Crippen LogP contribution >= 0.6 is 0 Å². The summed E-state index contributed by atoms with van der Waals surface area (Å²) in [4.78, 5) is 20.4. The lowest BCUT2D eigenvalue weighted by Gasteiger charge is -2.08. The number of amides is 1.